The van der Waals surface area contributed by atoms with Crippen LogP contribution in [0.4, 0.5) is 5.69 Å². The molecule has 1 heterocycles. The van der Waals surface area contributed by atoms with E-state index in [-0.39, 0.29) is 6.04 Å². The van der Waals surface area contributed by atoms with Crippen molar-refractivity contribution in [2.45, 2.75) is 19.4 Å². The van der Waals surface area contributed by atoms with Gasteiger partial charge in [-0.1, -0.05) is 36.2 Å². The van der Waals surface area contributed by atoms with Crippen molar-refractivity contribution in [1.82, 2.24) is 10.2 Å². The van der Waals surface area contributed by atoms with E-state index >= 15 is 0 Å². The molecule has 0 spiro atoms. The van der Waals surface area contributed by atoms with Gasteiger partial charge in [-0.05, 0) is 42.3 Å². The summed E-state index contributed by atoms with van der Waals surface area (Å²) in [6, 6.07) is 11.9. The van der Waals surface area contributed by atoms with Crippen LogP contribution in [0.15, 0.2) is 42.6 Å². The van der Waals surface area contributed by atoms with Crippen molar-refractivity contribution in [3.63, 3.8) is 0 Å². The van der Waals surface area contributed by atoms with E-state index < -0.39 is 0 Å². The van der Waals surface area contributed by atoms with Gasteiger partial charge in [0, 0.05) is 21.1 Å². The molecule has 0 saturated heterocycles. The van der Waals surface area contributed by atoms with Crippen molar-refractivity contribution < 1.29 is 0 Å². The summed E-state index contributed by atoms with van der Waals surface area (Å²) >= 11 is 12.3. The Morgan fingerprint density at radius 2 is 2.05 bits per heavy atom. The van der Waals surface area contributed by atoms with Gasteiger partial charge in [0.25, 0.3) is 0 Å². The molecule has 0 aliphatic carbocycles. The molecule has 0 bridgehead atoms. The van der Waals surface area contributed by atoms with E-state index in [2.05, 4.69) is 28.5 Å². The Morgan fingerprint density at radius 1 is 1.19 bits per heavy atom. The molecule has 2 N–H and O–H groups in total. The highest BCUT2D eigenvalue weighted by molar-refractivity contribution is 6.35. The van der Waals surface area contributed by atoms with E-state index in [9.17, 15) is 0 Å². The van der Waals surface area contributed by atoms with Crippen molar-refractivity contribution in [2.24, 2.45) is 0 Å². The number of aromatic amines is 1. The fourth-order valence-electron chi connectivity index (χ4n) is 2.42. The summed E-state index contributed by atoms with van der Waals surface area (Å²) in [5.41, 5.74) is 3.12. The summed E-state index contributed by atoms with van der Waals surface area (Å²) in [5, 5.41) is 12.9. The van der Waals surface area contributed by atoms with Gasteiger partial charge in [0.1, 0.15) is 0 Å². The maximum Gasteiger partial charge on any atom is 0.0651 e. The number of aromatic nitrogens is 2. The minimum atomic E-state index is 0.138. The number of rotatable bonds is 4. The lowest BCUT2D eigenvalue weighted by molar-refractivity contribution is 0.750. The molecule has 21 heavy (non-hydrogen) atoms. The number of hydrogen-bond donors (Lipinski definition) is 2. The minimum Gasteiger partial charge on any atom is -0.378 e. The van der Waals surface area contributed by atoms with E-state index in [0.29, 0.717) is 10.0 Å². The van der Waals surface area contributed by atoms with Crippen LogP contribution in [0.2, 0.25) is 10.0 Å². The average Bonchev–Trinajstić information content (AvgIpc) is 2.93. The summed E-state index contributed by atoms with van der Waals surface area (Å²) in [6.45, 7) is 2.12. The highest BCUT2D eigenvalue weighted by atomic mass is 35.5. The number of halogens is 2. The van der Waals surface area contributed by atoms with Crippen molar-refractivity contribution >= 4 is 39.8 Å². The Bertz CT molecular complexity index is 767. The van der Waals surface area contributed by atoms with Crippen LogP contribution in [0.1, 0.15) is 24.9 Å². The Hall–Kier alpha value is -1.71. The average molecular weight is 320 g/mol. The van der Waals surface area contributed by atoms with Gasteiger partial charge in [0.2, 0.25) is 0 Å². The lowest BCUT2D eigenvalue weighted by Crippen LogP contribution is -2.10. The third-order valence-electron chi connectivity index (χ3n) is 3.53. The zero-order chi connectivity index (χ0) is 14.8. The first-order chi connectivity index (χ1) is 10.2. The van der Waals surface area contributed by atoms with Crippen LogP contribution in [0.25, 0.3) is 10.9 Å². The van der Waals surface area contributed by atoms with E-state index in [1.165, 1.54) is 0 Å². The van der Waals surface area contributed by atoms with E-state index in [0.717, 1.165) is 28.6 Å². The predicted molar refractivity (Wildman–Crippen MR) is 89.2 cm³/mol. The van der Waals surface area contributed by atoms with Crippen molar-refractivity contribution in [3.05, 3.63) is 58.2 Å². The molecule has 5 heteroatoms. The lowest BCUT2D eigenvalue weighted by Gasteiger charge is -2.20. The number of fused-ring (bicyclic) bond motifs is 1. The van der Waals surface area contributed by atoms with E-state index in [1.54, 1.807) is 6.07 Å². The van der Waals surface area contributed by atoms with Crippen LogP contribution in [0.3, 0.4) is 0 Å². The Labute approximate surface area is 133 Å². The number of H-pyrrole nitrogens is 1. The molecule has 0 radical (unpaired) electrons. The van der Waals surface area contributed by atoms with Crippen molar-refractivity contribution in [1.29, 1.82) is 0 Å². The predicted octanol–water partition coefficient (Wildman–Crippen LogP) is 5.43. The fourth-order valence-corrected chi connectivity index (χ4v) is 2.96. The van der Waals surface area contributed by atoms with E-state index in [4.69, 9.17) is 23.2 Å². The van der Waals surface area contributed by atoms with Gasteiger partial charge in [-0.25, -0.2) is 0 Å². The van der Waals surface area contributed by atoms with Crippen LogP contribution in [-0.2, 0) is 0 Å². The summed E-state index contributed by atoms with van der Waals surface area (Å²) < 4.78 is 0. The highest BCUT2D eigenvalue weighted by Crippen LogP contribution is 2.31. The highest BCUT2D eigenvalue weighted by Gasteiger charge is 2.13. The molecular weight excluding hydrogens is 305 g/mol. The van der Waals surface area contributed by atoms with Gasteiger partial charge in [-0.3, -0.25) is 5.10 Å². The standard InChI is InChI=1S/C16H15Cl2N3/c1-2-15(13-5-3-11(17)8-14(13)18)20-12-4-6-16-10(7-12)9-19-21-16/h3-9,15,20H,2H2,1H3,(H,19,21). The molecule has 2 aromatic carbocycles. The minimum absolute atomic E-state index is 0.138. The Balaban J connectivity index is 1.89. The molecular formula is C16H15Cl2N3. The number of benzene rings is 2. The van der Waals surface area contributed by atoms with Gasteiger partial charge in [0.05, 0.1) is 17.8 Å². The number of nitrogens with one attached hydrogen (secondary N) is 2. The number of hydrogen-bond acceptors (Lipinski definition) is 2. The fraction of sp³-hybridized carbons (Fsp3) is 0.188. The Morgan fingerprint density at radius 3 is 2.81 bits per heavy atom. The van der Waals surface area contributed by atoms with Gasteiger partial charge < -0.3 is 5.32 Å². The maximum atomic E-state index is 6.31. The molecule has 1 unspecified atom stereocenters. The topological polar surface area (TPSA) is 40.7 Å². The Kier molecular flexibility index (Phi) is 4.04. The monoisotopic (exact) mass is 319 g/mol. The van der Waals surface area contributed by atoms with Crippen molar-refractivity contribution in [3.8, 4) is 0 Å². The van der Waals surface area contributed by atoms with Gasteiger partial charge in [-0.15, -0.1) is 0 Å². The van der Waals surface area contributed by atoms with Crippen LogP contribution < -0.4 is 5.32 Å². The molecule has 0 saturated carbocycles. The second kappa shape index (κ2) is 5.96. The third kappa shape index (κ3) is 2.99. The van der Waals surface area contributed by atoms with Crippen LogP contribution in [-0.4, -0.2) is 10.2 Å². The summed E-state index contributed by atoms with van der Waals surface area (Å²) in [7, 11) is 0. The molecule has 1 atom stereocenters. The smallest absolute Gasteiger partial charge is 0.0651 e. The first kappa shape index (κ1) is 14.2. The molecule has 0 amide bonds. The quantitative estimate of drug-likeness (QED) is 0.672. The second-order valence-corrected chi connectivity index (χ2v) is 5.79. The zero-order valence-electron chi connectivity index (χ0n) is 11.5. The normalized spacial score (nSPS) is 12.5. The lowest BCUT2D eigenvalue weighted by atomic mass is 10.0. The van der Waals surface area contributed by atoms with Gasteiger partial charge in [-0.2, -0.15) is 5.10 Å². The molecule has 0 fully saturated rings. The third-order valence-corrected chi connectivity index (χ3v) is 4.09. The summed E-state index contributed by atoms with van der Waals surface area (Å²) in [6.07, 6.45) is 2.74. The van der Waals surface area contributed by atoms with Gasteiger partial charge in [0.15, 0.2) is 0 Å². The molecule has 3 nitrogen and oxygen atoms in total. The van der Waals surface area contributed by atoms with Crippen LogP contribution >= 0.6 is 23.2 Å². The molecule has 3 rings (SSSR count). The second-order valence-electron chi connectivity index (χ2n) is 4.94. The molecule has 3 aromatic rings. The summed E-state index contributed by atoms with van der Waals surface area (Å²) in [4.78, 5) is 0. The zero-order valence-corrected chi connectivity index (χ0v) is 13.0. The first-order valence-electron chi connectivity index (χ1n) is 6.82. The maximum absolute atomic E-state index is 6.31. The molecule has 0 aliphatic heterocycles. The number of anilines is 1. The van der Waals surface area contributed by atoms with Gasteiger partial charge >= 0.3 is 0 Å². The molecule has 108 valence electrons. The van der Waals surface area contributed by atoms with E-state index in [1.807, 2.05) is 30.5 Å². The number of nitrogens with zero attached hydrogens (tertiary/aromatic N) is 1. The van der Waals surface area contributed by atoms with Crippen LogP contribution in [0.5, 0.6) is 0 Å². The largest absolute Gasteiger partial charge is 0.378 e. The summed E-state index contributed by atoms with van der Waals surface area (Å²) in [5.74, 6) is 0. The molecule has 1 aromatic heterocycles. The first-order valence-corrected chi connectivity index (χ1v) is 7.57. The SMILES string of the molecule is CCC(Nc1ccc2[nH]ncc2c1)c1ccc(Cl)cc1Cl. The van der Waals surface area contributed by atoms with Crippen LogP contribution in [0, 0.1) is 0 Å². The molecule has 0 aliphatic rings. The van der Waals surface area contributed by atoms with Crippen molar-refractivity contribution in [2.75, 3.05) is 5.32 Å².